The molecule has 0 aromatic heterocycles. The first-order valence-electron chi connectivity index (χ1n) is 8.02. The summed E-state index contributed by atoms with van der Waals surface area (Å²) in [5, 5.41) is 0. The zero-order valence-corrected chi connectivity index (χ0v) is 14.2. The molecule has 1 fully saturated rings. The SMILES string of the molecule is CC1COC(c2cc(F)c(C(F)(F)Oc3cc(F)c(F)c(F)c3)c(F)c2)OC1. The zero-order valence-electron chi connectivity index (χ0n) is 14.2. The summed E-state index contributed by atoms with van der Waals surface area (Å²) < 4.78 is 111. The molecule has 0 radical (unpaired) electrons. The third-order valence-electron chi connectivity index (χ3n) is 3.90. The van der Waals surface area contributed by atoms with Gasteiger partial charge in [-0.05, 0) is 12.1 Å². The summed E-state index contributed by atoms with van der Waals surface area (Å²) in [6, 6.07) is 1.42. The van der Waals surface area contributed by atoms with Crippen LogP contribution in [0.15, 0.2) is 24.3 Å². The highest BCUT2D eigenvalue weighted by Gasteiger charge is 2.42. The molecule has 1 heterocycles. The van der Waals surface area contributed by atoms with E-state index in [2.05, 4.69) is 4.74 Å². The van der Waals surface area contributed by atoms with E-state index in [1.807, 2.05) is 6.92 Å². The first kappa shape index (κ1) is 20.4. The molecule has 3 rings (SSSR count). The minimum Gasteiger partial charge on any atom is -0.429 e. The van der Waals surface area contributed by atoms with Gasteiger partial charge in [0.1, 0.15) is 22.9 Å². The van der Waals surface area contributed by atoms with Crippen molar-refractivity contribution >= 4 is 0 Å². The van der Waals surface area contributed by atoms with Gasteiger partial charge in [-0.25, -0.2) is 22.0 Å². The van der Waals surface area contributed by atoms with E-state index in [-0.39, 0.29) is 36.8 Å². The summed E-state index contributed by atoms with van der Waals surface area (Å²) in [5.41, 5.74) is -1.95. The van der Waals surface area contributed by atoms with Crippen molar-refractivity contribution in [3.05, 3.63) is 64.5 Å². The maximum Gasteiger partial charge on any atom is 0.432 e. The van der Waals surface area contributed by atoms with Crippen molar-refractivity contribution in [2.75, 3.05) is 13.2 Å². The van der Waals surface area contributed by atoms with Crippen LogP contribution in [0.4, 0.5) is 30.7 Å². The maximum absolute atomic E-state index is 14.2. The largest absolute Gasteiger partial charge is 0.432 e. The van der Waals surface area contributed by atoms with Crippen LogP contribution in [-0.2, 0) is 15.6 Å². The molecule has 0 unspecified atom stereocenters. The van der Waals surface area contributed by atoms with Crippen molar-refractivity contribution in [2.24, 2.45) is 5.92 Å². The van der Waals surface area contributed by atoms with Gasteiger partial charge in [0.15, 0.2) is 23.7 Å². The molecular weight excluding hydrogens is 397 g/mol. The van der Waals surface area contributed by atoms with E-state index in [4.69, 9.17) is 9.47 Å². The molecule has 0 N–H and O–H groups in total. The maximum atomic E-state index is 14.2. The van der Waals surface area contributed by atoms with Gasteiger partial charge in [-0.2, -0.15) is 8.78 Å². The molecule has 0 aliphatic carbocycles. The second kappa shape index (κ2) is 7.59. The smallest absolute Gasteiger partial charge is 0.429 e. The number of alkyl halides is 2. The average Bonchev–Trinajstić information content (AvgIpc) is 2.59. The van der Waals surface area contributed by atoms with Gasteiger partial charge >= 0.3 is 6.11 Å². The predicted octanol–water partition coefficient (Wildman–Crippen LogP) is 5.19. The molecule has 1 saturated heterocycles. The van der Waals surface area contributed by atoms with E-state index in [0.29, 0.717) is 12.1 Å². The Balaban J connectivity index is 1.89. The summed E-state index contributed by atoms with van der Waals surface area (Å²) in [7, 11) is 0. The molecule has 0 bridgehead atoms. The normalized spacial score (nSPS) is 20.3. The molecule has 0 saturated carbocycles. The Morgan fingerprint density at radius 2 is 1.36 bits per heavy atom. The van der Waals surface area contributed by atoms with Crippen LogP contribution in [0.1, 0.15) is 24.3 Å². The molecule has 1 aliphatic heterocycles. The Morgan fingerprint density at radius 3 is 1.86 bits per heavy atom. The Labute approximate surface area is 154 Å². The highest BCUT2D eigenvalue weighted by molar-refractivity contribution is 5.32. The highest BCUT2D eigenvalue weighted by Crippen LogP contribution is 2.37. The molecule has 3 nitrogen and oxygen atoms in total. The Bertz CT molecular complexity index is 833. The number of benzene rings is 2. The lowest BCUT2D eigenvalue weighted by molar-refractivity contribution is -0.203. The molecule has 0 spiro atoms. The Hall–Kier alpha value is -2.33. The summed E-state index contributed by atoms with van der Waals surface area (Å²) in [6.07, 6.45) is -5.78. The number of halogens is 7. The molecule has 2 aromatic carbocycles. The van der Waals surface area contributed by atoms with E-state index in [1.165, 1.54) is 0 Å². The minimum atomic E-state index is -4.65. The standard InChI is InChI=1S/C18H13F7O3/c1-8-6-26-17(27-7-8)9-2-11(19)15(12(20)3-9)18(24,25)28-10-4-13(21)16(23)14(22)5-10/h2-5,8,17H,6-7H2,1H3. The van der Waals surface area contributed by atoms with Crippen LogP contribution in [-0.4, -0.2) is 13.2 Å². The van der Waals surface area contributed by atoms with Crippen molar-refractivity contribution in [1.29, 1.82) is 0 Å². The van der Waals surface area contributed by atoms with E-state index >= 15 is 0 Å². The Kier molecular flexibility index (Phi) is 5.53. The summed E-state index contributed by atoms with van der Waals surface area (Å²) in [5.74, 6) is -9.98. The van der Waals surface area contributed by atoms with Crippen molar-refractivity contribution in [1.82, 2.24) is 0 Å². The topological polar surface area (TPSA) is 27.7 Å². The van der Waals surface area contributed by atoms with Gasteiger partial charge in [-0.1, -0.05) is 6.92 Å². The summed E-state index contributed by atoms with van der Waals surface area (Å²) in [4.78, 5) is 0. The van der Waals surface area contributed by atoms with E-state index in [1.54, 1.807) is 0 Å². The molecule has 0 atom stereocenters. The van der Waals surface area contributed by atoms with Gasteiger partial charge in [0.25, 0.3) is 0 Å². The van der Waals surface area contributed by atoms with Gasteiger partial charge < -0.3 is 14.2 Å². The van der Waals surface area contributed by atoms with E-state index < -0.39 is 52.8 Å². The van der Waals surface area contributed by atoms with Crippen molar-refractivity contribution < 1.29 is 44.9 Å². The fourth-order valence-corrected chi connectivity index (χ4v) is 2.59. The summed E-state index contributed by atoms with van der Waals surface area (Å²) in [6.45, 7) is 2.31. The monoisotopic (exact) mass is 410 g/mol. The van der Waals surface area contributed by atoms with Gasteiger partial charge in [0, 0.05) is 23.6 Å². The van der Waals surface area contributed by atoms with Crippen molar-refractivity contribution in [3.63, 3.8) is 0 Å². The van der Waals surface area contributed by atoms with Gasteiger partial charge in [0.2, 0.25) is 0 Å². The van der Waals surface area contributed by atoms with Crippen LogP contribution in [0.5, 0.6) is 5.75 Å². The van der Waals surface area contributed by atoms with Crippen LogP contribution in [0.3, 0.4) is 0 Å². The molecule has 0 amide bonds. The fraction of sp³-hybridized carbons (Fsp3) is 0.333. The quantitative estimate of drug-likeness (QED) is 0.513. The van der Waals surface area contributed by atoms with Crippen LogP contribution in [0, 0.1) is 35.0 Å². The van der Waals surface area contributed by atoms with Crippen molar-refractivity contribution in [2.45, 2.75) is 19.3 Å². The first-order chi connectivity index (χ1) is 13.1. The number of hydrogen-bond donors (Lipinski definition) is 0. The lowest BCUT2D eigenvalue weighted by Gasteiger charge is -2.28. The number of ether oxygens (including phenoxy) is 3. The van der Waals surface area contributed by atoms with E-state index in [0.717, 1.165) is 0 Å². The molecular formula is C18H13F7O3. The molecule has 1 aliphatic rings. The van der Waals surface area contributed by atoms with Crippen LogP contribution >= 0.6 is 0 Å². The lowest BCUT2D eigenvalue weighted by atomic mass is 10.1. The van der Waals surface area contributed by atoms with Crippen molar-refractivity contribution in [3.8, 4) is 5.75 Å². The average molecular weight is 410 g/mol. The molecule has 152 valence electrons. The van der Waals surface area contributed by atoms with E-state index in [9.17, 15) is 30.7 Å². The third kappa shape index (κ3) is 4.07. The lowest BCUT2D eigenvalue weighted by Crippen LogP contribution is -2.27. The molecule has 10 heteroatoms. The van der Waals surface area contributed by atoms with Gasteiger partial charge in [0.05, 0.1) is 13.2 Å². The van der Waals surface area contributed by atoms with Crippen LogP contribution in [0.25, 0.3) is 0 Å². The van der Waals surface area contributed by atoms with Gasteiger partial charge in [-0.15, -0.1) is 0 Å². The first-order valence-corrected chi connectivity index (χ1v) is 8.02. The molecule has 28 heavy (non-hydrogen) atoms. The second-order valence-electron chi connectivity index (χ2n) is 6.28. The van der Waals surface area contributed by atoms with Crippen LogP contribution < -0.4 is 4.74 Å². The van der Waals surface area contributed by atoms with Gasteiger partial charge in [-0.3, -0.25) is 0 Å². The fourth-order valence-electron chi connectivity index (χ4n) is 2.59. The highest BCUT2D eigenvalue weighted by atomic mass is 19.3. The molecule has 2 aromatic rings. The second-order valence-corrected chi connectivity index (χ2v) is 6.28. The van der Waals surface area contributed by atoms with Crippen LogP contribution in [0.2, 0.25) is 0 Å². The minimum absolute atomic E-state index is 0.0550. The number of rotatable bonds is 4. The zero-order chi connectivity index (χ0) is 20.6. The third-order valence-corrected chi connectivity index (χ3v) is 3.90. The summed E-state index contributed by atoms with van der Waals surface area (Å²) >= 11 is 0. The Morgan fingerprint density at radius 1 is 0.857 bits per heavy atom. The number of hydrogen-bond acceptors (Lipinski definition) is 3. The predicted molar refractivity (Wildman–Crippen MR) is 81.0 cm³/mol.